The lowest BCUT2D eigenvalue weighted by Crippen LogP contribution is -2.52. The van der Waals surface area contributed by atoms with E-state index in [1.54, 1.807) is 6.07 Å². The number of likely N-dealkylation sites (tertiary alicyclic amines) is 1. The van der Waals surface area contributed by atoms with Crippen molar-refractivity contribution in [3.63, 3.8) is 0 Å². The van der Waals surface area contributed by atoms with Crippen molar-refractivity contribution in [2.45, 2.75) is 70.4 Å². The number of urea groups is 1. The van der Waals surface area contributed by atoms with Gasteiger partial charge in [-0.1, -0.05) is 38.3 Å². The Morgan fingerprint density at radius 3 is 2.72 bits per heavy atom. The highest BCUT2D eigenvalue weighted by Crippen LogP contribution is 2.39. The monoisotopic (exact) mass is 506 g/mol. The number of rotatable bonds is 11. The minimum atomic E-state index is -1.11. The maximum Gasteiger partial charge on any atom is 0.404 e. The fourth-order valence-corrected chi connectivity index (χ4v) is 5.86. The third kappa shape index (κ3) is 8.62. The first-order chi connectivity index (χ1) is 17.3. The van der Waals surface area contributed by atoms with Gasteiger partial charge < -0.3 is 30.7 Å². The van der Waals surface area contributed by atoms with Crippen molar-refractivity contribution in [2.24, 2.45) is 11.3 Å². The van der Waals surface area contributed by atoms with E-state index in [2.05, 4.69) is 22.9 Å². The Balaban J connectivity index is 1.64. The van der Waals surface area contributed by atoms with Crippen LogP contribution in [-0.4, -0.2) is 68.0 Å². The average Bonchev–Trinajstić information content (AvgIpc) is 2.84. The summed E-state index contributed by atoms with van der Waals surface area (Å²) in [5, 5.41) is 17.7. The third-order valence-corrected chi connectivity index (χ3v) is 7.60. The van der Waals surface area contributed by atoms with Crippen LogP contribution in [0.5, 0.6) is 0 Å². The van der Waals surface area contributed by atoms with E-state index in [4.69, 9.17) is 9.84 Å². The lowest BCUT2D eigenvalue weighted by atomic mass is 9.72. The van der Waals surface area contributed by atoms with Gasteiger partial charge in [0, 0.05) is 38.1 Å². The number of carboxylic acid groups (broad SMARTS) is 1. The summed E-state index contributed by atoms with van der Waals surface area (Å²) in [6, 6.07) is 6.32. The summed E-state index contributed by atoms with van der Waals surface area (Å²) in [5.74, 6) is -0.365. The van der Waals surface area contributed by atoms with Crippen LogP contribution in [0.15, 0.2) is 24.3 Å². The van der Waals surface area contributed by atoms with Crippen molar-refractivity contribution >= 4 is 12.1 Å². The number of nitrogens with one attached hydrogen (secondary N) is 3. The summed E-state index contributed by atoms with van der Waals surface area (Å²) in [6.45, 7) is 4.55. The molecule has 1 aromatic rings. The maximum atomic E-state index is 14.0. The number of nitrogens with zero attached hydrogens (tertiary/aromatic N) is 1. The van der Waals surface area contributed by atoms with Crippen LogP contribution in [0.25, 0.3) is 0 Å². The predicted octanol–water partition coefficient (Wildman–Crippen LogP) is 4.52. The summed E-state index contributed by atoms with van der Waals surface area (Å²) in [6.07, 6.45) is 7.32. The van der Waals surface area contributed by atoms with Gasteiger partial charge in [-0.3, -0.25) is 0 Å². The zero-order valence-electron chi connectivity index (χ0n) is 21.7. The van der Waals surface area contributed by atoms with Gasteiger partial charge in [0.1, 0.15) is 5.82 Å². The molecule has 8 nitrogen and oxygen atoms in total. The Kier molecular flexibility index (Phi) is 10.8. The highest BCUT2D eigenvalue weighted by molar-refractivity contribution is 5.74. The molecule has 1 aliphatic carbocycles. The van der Waals surface area contributed by atoms with E-state index < -0.39 is 12.2 Å². The molecule has 0 radical (unpaired) electrons. The van der Waals surface area contributed by atoms with Crippen molar-refractivity contribution in [1.82, 2.24) is 20.9 Å². The molecule has 1 saturated heterocycles. The molecule has 9 heteroatoms. The van der Waals surface area contributed by atoms with E-state index in [-0.39, 0.29) is 42.4 Å². The molecule has 0 spiro atoms. The number of halogens is 1. The summed E-state index contributed by atoms with van der Waals surface area (Å²) >= 11 is 0. The second kappa shape index (κ2) is 13.8. The molecule has 202 valence electrons. The zero-order valence-corrected chi connectivity index (χ0v) is 21.7. The fourth-order valence-electron chi connectivity index (χ4n) is 5.86. The molecule has 3 atom stereocenters. The van der Waals surface area contributed by atoms with Crippen molar-refractivity contribution in [3.05, 3.63) is 35.6 Å². The number of carbonyl (C=O) groups is 2. The minimum Gasteiger partial charge on any atom is -0.465 e. The number of ether oxygens (including phenoxy) is 1. The summed E-state index contributed by atoms with van der Waals surface area (Å²) in [4.78, 5) is 26.0. The van der Waals surface area contributed by atoms with Crippen LogP contribution in [0.4, 0.5) is 14.0 Å². The summed E-state index contributed by atoms with van der Waals surface area (Å²) in [5.41, 5.74) is 0.966. The Morgan fingerprint density at radius 1 is 1.25 bits per heavy atom. The molecule has 2 aliphatic rings. The average molecular weight is 507 g/mol. The molecule has 1 heterocycles. The number of likely N-dealkylation sites (N-methyl/N-ethyl adjacent to an activating group) is 1. The Labute approximate surface area is 214 Å². The number of hydrogen-bond acceptors (Lipinski definition) is 4. The van der Waals surface area contributed by atoms with Crippen molar-refractivity contribution in [1.29, 1.82) is 0 Å². The van der Waals surface area contributed by atoms with Crippen molar-refractivity contribution in [2.75, 3.05) is 39.8 Å². The smallest absolute Gasteiger partial charge is 0.404 e. The Hall–Kier alpha value is -2.39. The van der Waals surface area contributed by atoms with Crippen molar-refractivity contribution in [3.8, 4) is 0 Å². The first-order valence-electron chi connectivity index (χ1n) is 13.3. The van der Waals surface area contributed by atoms with E-state index >= 15 is 0 Å². The number of carbonyl (C=O) groups excluding carboxylic acids is 1. The van der Waals surface area contributed by atoms with Crippen LogP contribution in [-0.2, 0) is 4.74 Å². The zero-order chi connectivity index (χ0) is 26.0. The van der Waals surface area contributed by atoms with Gasteiger partial charge in [0.15, 0.2) is 0 Å². The van der Waals surface area contributed by atoms with Gasteiger partial charge in [0.25, 0.3) is 0 Å². The van der Waals surface area contributed by atoms with E-state index in [0.29, 0.717) is 18.7 Å². The fraction of sp³-hybridized carbons (Fsp3) is 0.704. The molecule has 3 rings (SSSR count). The van der Waals surface area contributed by atoms with E-state index in [9.17, 15) is 14.0 Å². The molecule has 0 aromatic heterocycles. The van der Waals surface area contributed by atoms with Gasteiger partial charge in [0.05, 0.1) is 12.7 Å². The lowest BCUT2D eigenvalue weighted by molar-refractivity contribution is -0.00872. The van der Waals surface area contributed by atoms with E-state index in [1.165, 1.54) is 44.2 Å². The van der Waals surface area contributed by atoms with Gasteiger partial charge in [-0.2, -0.15) is 0 Å². The van der Waals surface area contributed by atoms with Crippen LogP contribution in [0.2, 0.25) is 0 Å². The minimum absolute atomic E-state index is 0.0188. The molecule has 2 fully saturated rings. The largest absolute Gasteiger partial charge is 0.465 e. The van der Waals surface area contributed by atoms with Gasteiger partial charge in [-0.05, 0) is 62.3 Å². The molecule has 36 heavy (non-hydrogen) atoms. The first kappa shape index (κ1) is 28.2. The molecule has 1 saturated carbocycles. The molecule has 0 bridgehead atoms. The van der Waals surface area contributed by atoms with Gasteiger partial charge in [-0.15, -0.1) is 0 Å². The van der Waals surface area contributed by atoms with E-state index in [0.717, 1.165) is 25.8 Å². The Bertz CT molecular complexity index is 849. The van der Waals surface area contributed by atoms with Crippen molar-refractivity contribution < 1.29 is 23.8 Å². The second-order valence-corrected chi connectivity index (χ2v) is 10.7. The van der Waals surface area contributed by atoms with Gasteiger partial charge >= 0.3 is 12.1 Å². The van der Waals surface area contributed by atoms with Crippen LogP contribution in [0.1, 0.15) is 70.0 Å². The molecule has 1 aliphatic heterocycles. The summed E-state index contributed by atoms with van der Waals surface area (Å²) in [7, 11) is 1.92. The lowest BCUT2D eigenvalue weighted by Gasteiger charge is -2.39. The van der Waals surface area contributed by atoms with E-state index in [1.807, 2.05) is 18.0 Å². The van der Waals surface area contributed by atoms with Crippen LogP contribution >= 0.6 is 0 Å². The molecule has 3 amide bonds. The topological polar surface area (TPSA) is 103 Å². The summed E-state index contributed by atoms with van der Waals surface area (Å²) < 4.78 is 20.1. The van der Waals surface area contributed by atoms with Crippen LogP contribution < -0.4 is 16.0 Å². The third-order valence-electron chi connectivity index (χ3n) is 7.60. The van der Waals surface area contributed by atoms with Crippen LogP contribution in [0.3, 0.4) is 0 Å². The highest BCUT2D eigenvalue weighted by Gasteiger charge is 2.34. The molecular weight excluding hydrogens is 463 g/mol. The number of benzene rings is 1. The highest BCUT2D eigenvalue weighted by atomic mass is 19.1. The van der Waals surface area contributed by atoms with Gasteiger partial charge in [-0.25, -0.2) is 14.0 Å². The normalized spacial score (nSPS) is 21.4. The number of piperidine rings is 1. The first-order valence-corrected chi connectivity index (χ1v) is 13.3. The van der Waals surface area contributed by atoms with Crippen LogP contribution in [0, 0.1) is 17.2 Å². The molecule has 3 unspecified atom stereocenters. The molecule has 4 N–H and O–H groups in total. The standard InChI is InChI=1S/C27H43FN4O4/c1-27(11-4-3-5-12-27)17-23(18-29-2)31-25(33)32-14-7-9-21(19-32)24(36-15-13-30-26(34)35)20-8-6-10-22(28)16-20/h6,8,10,16,21,23-24,29-30H,3-5,7,9,11-15,17-19H2,1-2H3,(H,31,33)(H,34,35). The SMILES string of the molecule is CNCC(CC1(C)CCCCC1)NC(=O)N1CCCC(C(OCCNC(=O)O)c2cccc(F)c2)C1. The second-order valence-electron chi connectivity index (χ2n) is 10.7. The van der Waals surface area contributed by atoms with Gasteiger partial charge in [0.2, 0.25) is 0 Å². The number of hydrogen-bond donors (Lipinski definition) is 4. The quantitative estimate of drug-likeness (QED) is 0.331. The molecular formula is C27H43FN4O4. The number of amides is 3. The molecule has 1 aromatic carbocycles. The maximum absolute atomic E-state index is 14.0. The predicted molar refractivity (Wildman–Crippen MR) is 137 cm³/mol. The Morgan fingerprint density at radius 2 is 2.03 bits per heavy atom.